The summed E-state index contributed by atoms with van der Waals surface area (Å²) in [6.45, 7) is 2.03. The summed E-state index contributed by atoms with van der Waals surface area (Å²) in [5.41, 5.74) is 1.85. The summed E-state index contributed by atoms with van der Waals surface area (Å²) >= 11 is 9.06. The van der Waals surface area contributed by atoms with E-state index in [1.54, 1.807) is 17.8 Å². The Balaban J connectivity index is 1.73. The first kappa shape index (κ1) is 20.2. The molecule has 28 heavy (non-hydrogen) atoms. The molecule has 1 heterocycles. The molecule has 2 aromatic carbocycles. The number of thiophene rings is 1. The van der Waals surface area contributed by atoms with Gasteiger partial charge >= 0.3 is 0 Å². The number of nitrogens with zero attached hydrogens (tertiary/aromatic N) is 1. The molecule has 140 valence electrons. The Hall–Kier alpha value is -2.52. The van der Waals surface area contributed by atoms with Crippen LogP contribution in [0.4, 0.5) is 5.69 Å². The lowest BCUT2D eigenvalue weighted by Gasteiger charge is -2.08. The molecule has 6 heteroatoms. The van der Waals surface area contributed by atoms with Crippen molar-refractivity contribution < 1.29 is 4.79 Å². The van der Waals surface area contributed by atoms with Crippen LogP contribution in [0.2, 0.25) is 5.02 Å². The standard InChI is InChI=1S/C22H17ClN2OS2/c1-2-15-5-3-4-6-20(15)25-22(26)16(14-24)13-19-11-12-21(28-19)27-18-9-7-17(23)8-10-18/h3-13H,2H2,1H3,(H,25,26)/b16-13-. The molecule has 1 amide bonds. The fourth-order valence-corrected chi connectivity index (χ4v) is 4.71. The minimum Gasteiger partial charge on any atom is -0.321 e. The number of carbonyl (C=O) groups is 1. The molecule has 3 aromatic rings. The van der Waals surface area contributed by atoms with E-state index < -0.39 is 5.91 Å². The van der Waals surface area contributed by atoms with E-state index in [1.165, 1.54) is 11.3 Å². The van der Waals surface area contributed by atoms with Crippen molar-refractivity contribution in [2.75, 3.05) is 5.32 Å². The summed E-state index contributed by atoms with van der Waals surface area (Å²) in [7, 11) is 0. The molecule has 0 fully saturated rings. The van der Waals surface area contributed by atoms with E-state index in [-0.39, 0.29) is 5.57 Å². The van der Waals surface area contributed by atoms with Crippen molar-refractivity contribution in [1.29, 1.82) is 5.26 Å². The number of hydrogen-bond donors (Lipinski definition) is 1. The Morgan fingerprint density at radius 1 is 1.18 bits per heavy atom. The van der Waals surface area contributed by atoms with E-state index in [2.05, 4.69) is 5.32 Å². The summed E-state index contributed by atoms with van der Waals surface area (Å²) in [5.74, 6) is -0.399. The van der Waals surface area contributed by atoms with E-state index in [0.717, 1.165) is 31.7 Å². The zero-order chi connectivity index (χ0) is 19.9. The number of rotatable bonds is 6. The van der Waals surface area contributed by atoms with E-state index in [4.69, 9.17) is 11.6 Å². The second-order valence-electron chi connectivity index (χ2n) is 5.85. The lowest BCUT2D eigenvalue weighted by Crippen LogP contribution is -2.14. The van der Waals surface area contributed by atoms with Crippen LogP contribution in [0, 0.1) is 11.3 Å². The molecule has 3 nitrogen and oxygen atoms in total. The lowest BCUT2D eigenvalue weighted by atomic mass is 10.1. The number of anilines is 1. The molecule has 0 saturated carbocycles. The Bertz CT molecular complexity index is 1050. The van der Waals surface area contributed by atoms with Crippen LogP contribution in [0.15, 0.2) is 75.3 Å². The third kappa shape index (κ3) is 5.26. The van der Waals surface area contributed by atoms with Crippen LogP contribution in [0.25, 0.3) is 6.08 Å². The van der Waals surface area contributed by atoms with Crippen molar-refractivity contribution in [2.24, 2.45) is 0 Å². The maximum atomic E-state index is 12.5. The Labute approximate surface area is 177 Å². The number of benzene rings is 2. The Kier molecular flexibility index (Phi) is 6.94. The zero-order valence-electron chi connectivity index (χ0n) is 15.1. The molecule has 1 N–H and O–H groups in total. The number of nitrogens with one attached hydrogen (secondary N) is 1. The average molecular weight is 425 g/mol. The SMILES string of the molecule is CCc1ccccc1NC(=O)/C(C#N)=C\c1ccc(Sc2ccc(Cl)cc2)s1. The van der Waals surface area contributed by atoms with Crippen molar-refractivity contribution in [2.45, 2.75) is 22.4 Å². The molecular formula is C22H17ClN2OS2. The molecule has 0 radical (unpaired) electrons. The minimum absolute atomic E-state index is 0.0794. The van der Waals surface area contributed by atoms with Crippen LogP contribution >= 0.6 is 34.7 Å². The van der Waals surface area contributed by atoms with Gasteiger partial charge in [-0.3, -0.25) is 4.79 Å². The normalized spacial score (nSPS) is 11.1. The van der Waals surface area contributed by atoms with Gasteiger partial charge in [-0.1, -0.05) is 48.5 Å². The van der Waals surface area contributed by atoms with Crippen molar-refractivity contribution >= 4 is 52.4 Å². The number of halogens is 1. The van der Waals surface area contributed by atoms with Gasteiger partial charge in [0.05, 0.1) is 4.21 Å². The predicted molar refractivity (Wildman–Crippen MR) is 118 cm³/mol. The lowest BCUT2D eigenvalue weighted by molar-refractivity contribution is -0.112. The number of para-hydroxylation sites is 1. The highest BCUT2D eigenvalue weighted by molar-refractivity contribution is 8.01. The first-order valence-corrected chi connectivity index (χ1v) is 10.6. The van der Waals surface area contributed by atoms with E-state index >= 15 is 0 Å². The van der Waals surface area contributed by atoms with Gasteiger partial charge in [-0.05, 0) is 60.5 Å². The van der Waals surface area contributed by atoms with Gasteiger partial charge < -0.3 is 5.32 Å². The van der Waals surface area contributed by atoms with Gasteiger partial charge in [0, 0.05) is 20.5 Å². The quantitative estimate of drug-likeness (QED) is 0.355. The summed E-state index contributed by atoms with van der Waals surface area (Å²) in [6.07, 6.45) is 2.43. The van der Waals surface area contributed by atoms with Gasteiger partial charge in [0.25, 0.3) is 5.91 Å². The molecule has 3 rings (SSSR count). The molecule has 1 aromatic heterocycles. The van der Waals surface area contributed by atoms with Gasteiger partial charge in [0.1, 0.15) is 11.6 Å². The number of aryl methyl sites for hydroxylation is 1. The highest BCUT2D eigenvalue weighted by Gasteiger charge is 2.12. The van der Waals surface area contributed by atoms with Crippen molar-refractivity contribution in [3.05, 3.63) is 81.7 Å². The van der Waals surface area contributed by atoms with Crippen LogP contribution < -0.4 is 5.32 Å². The van der Waals surface area contributed by atoms with Gasteiger partial charge in [0.15, 0.2) is 0 Å². The van der Waals surface area contributed by atoms with Crippen molar-refractivity contribution in [3.63, 3.8) is 0 Å². The first-order chi connectivity index (χ1) is 13.6. The average Bonchev–Trinajstić information content (AvgIpc) is 3.15. The van der Waals surface area contributed by atoms with Crippen molar-refractivity contribution in [1.82, 2.24) is 0 Å². The third-order valence-corrected chi connectivity index (χ3v) is 6.36. The maximum absolute atomic E-state index is 12.5. The third-order valence-electron chi connectivity index (χ3n) is 3.93. The number of amides is 1. The van der Waals surface area contributed by atoms with Crippen LogP contribution in [0.1, 0.15) is 17.4 Å². The molecular weight excluding hydrogens is 408 g/mol. The second-order valence-corrected chi connectivity index (χ2v) is 8.77. The van der Waals surface area contributed by atoms with Crippen LogP contribution in [-0.2, 0) is 11.2 Å². The topological polar surface area (TPSA) is 52.9 Å². The molecule has 0 atom stereocenters. The smallest absolute Gasteiger partial charge is 0.266 e. The van der Waals surface area contributed by atoms with Crippen LogP contribution in [0.5, 0.6) is 0 Å². The molecule has 0 aliphatic heterocycles. The van der Waals surface area contributed by atoms with Crippen LogP contribution in [-0.4, -0.2) is 5.91 Å². The first-order valence-electron chi connectivity index (χ1n) is 8.63. The predicted octanol–water partition coefficient (Wildman–Crippen LogP) is 6.66. The summed E-state index contributed by atoms with van der Waals surface area (Å²) in [4.78, 5) is 14.5. The molecule has 0 aliphatic carbocycles. The summed E-state index contributed by atoms with van der Waals surface area (Å²) < 4.78 is 1.07. The highest BCUT2D eigenvalue weighted by Crippen LogP contribution is 2.34. The second kappa shape index (κ2) is 9.61. The van der Waals surface area contributed by atoms with Crippen molar-refractivity contribution in [3.8, 4) is 6.07 Å². The van der Waals surface area contributed by atoms with Gasteiger partial charge in [-0.2, -0.15) is 5.26 Å². The largest absolute Gasteiger partial charge is 0.321 e. The number of hydrogen-bond acceptors (Lipinski definition) is 4. The maximum Gasteiger partial charge on any atom is 0.266 e. The highest BCUT2D eigenvalue weighted by atomic mass is 35.5. The molecule has 0 unspecified atom stereocenters. The van der Waals surface area contributed by atoms with E-state index in [1.807, 2.05) is 73.7 Å². The van der Waals surface area contributed by atoms with Crippen LogP contribution in [0.3, 0.4) is 0 Å². The fourth-order valence-electron chi connectivity index (χ4n) is 2.52. The van der Waals surface area contributed by atoms with E-state index in [0.29, 0.717) is 5.02 Å². The molecule has 0 aliphatic rings. The fraction of sp³-hybridized carbons (Fsp3) is 0.0909. The van der Waals surface area contributed by atoms with Gasteiger partial charge in [-0.25, -0.2) is 0 Å². The minimum atomic E-state index is -0.399. The molecule has 0 saturated heterocycles. The Morgan fingerprint density at radius 3 is 2.64 bits per heavy atom. The summed E-state index contributed by atoms with van der Waals surface area (Å²) in [6, 6.07) is 21.1. The van der Waals surface area contributed by atoms with Gasteiger partial charge in [-0.15, -0.1) is 11.3 Å². The number of nitriles is 1. The van der Waals surface area contributed by atoms with Gasteiger partial charge in [0.2, 0.25) is 0 Å². The molecule has 0 bridgehead atoms. The zero-order valence-corrected chi connectivity index (χ0v) is 17.5. The molecule has 0 spiro atoms. The van der Waals surface area contributed by atoms with E-state index in [9.17, 15) is 10.1 Å². The number of carbonyl (C=O) groups excluding carboxylic acids is 1. The Morgan fingerprint density at radius 2 is 1.93 bits per heavy atom. The monoisotopic (exact) mass is 424 g/mol. The summed E-state index contributed by atoms with van der Waals surface area (Å²) in [5, 5.41) is 13.0.